The Morgan fingerprint density at radius 3 is 1.76 bits per heavy atom. The molecule has 0 fully saturated rings. The van der Waals surface area contributed by atoms with Crippen LogP contribution in [0, 0.1) is 6.92 Å². The van der Waals surface area contributed by atoms with E-state index in [-0.39, 0.29) is 10.8 Å². The van der Waals surface area contributed by atoms with E-state index in [1.165, 1.54) is 90.0 Å². The Kier molecular flexibility index (Phi) is 6.58. The maximum atomic E-state index is 2.51. The van der Waals surface area contributed by atoms with Crippen LogP contribution < -0.4 is 4.90 Å². The maximum absolute atomic E-state index is 2.51. The number of anilines is 3. The lowest BCUT2D eigenvalue weighted by Gasteiger charge is -2.43. The first kappa shape index (κ1) is 28.6. The Labute approximate surface area is 273 Å². The van der Waals surface area contributed by atoms with Gasteiger partial charge in [0.1, 0.15) is 0 Å². The lowest BCUT2D eigenvalue weighted by molar-refractivity contribution is 0.332. The molecule has 0 saturated heterocycles. The van der Waals surface area contributed by atoms with Gasteiger partial charge in [0.15, 0.2) is 0 Å². The zero-order chi connectivity index (χ0) is 31.6. The number of fused-ring (bicyclic) bond motifs is 5. The fraction of sp³-hybridized carbons (Fsp3) is 0.200. The summed E-state index contributed by atoms with van der Waals surface area (Å²) in [5.74, 6) is 0. The quantitative estimate of drug-likeness (QED) is 0.183. The second kappa shape index (κ2) is 10.6. The summed E-state index contributed by atoms with van der Waals surface area (Å²) in [5, 5.41) is 7.67. The van der Waals surface area contributed by atoms with Crippen molar-refractivity contribution in [2.45, 2.75) is 58.3 Å². The predicted octanol–water partition coefficient (Wildman–Crippen LogP) is 12.9. The van der Waals surface area contributed by atoms with Crippen molar-refractivity contribution >= 4 is 49.4 Å². The highest BCUT2D eigenvalue weighted by molar-refractivity contribution is 6.13. The molecule has 0 radical (unpaired) electrons. The van der Waals surface area contributed by atoms with Gasteiger partial charge in [0, 0.05) is 17.1 Å². The summed E-state index contributed by atoms with van der Waals surface area (Å²) in [7, 11) is 0. The van der Waals surface area contributed by atoms with Crippen molar-refractivity contribution < 1.29 is 0 Å². The van der Waals surface area contributed by atoms with Crippen molar-refractivity contribution in [3.8, 4) is 11.1 Å². The van der Waals surface area contributed by atoms with E-state index in [1.54, 1.807) is 0 Å². The number of benzene rings is 7. The lowest BCUT2D eigenvalue weighted by Crippen LogP contribution is -2.34. The highest BCUT2D eigenvalue weighted by Gasteiger charge is 2.38. The molecule has 0 bridgehead atoms. The summed E-state index contributed by atoms with van der Waals surface area (Å²) in [5.41, 5.74) is 10.7. The van der Waals surface area contributed by atoms with E-state index in [9.17, 15) is 0 Å². The van der Waals surface area contributed by atoms with Crippen molar-refractivity contribution in [2.24, 2.45) is 0 Å². The summed E-state index contributed by atoms with van der Waals surface area (Å²) in [6.07, 6.45) is 2.41. The van der Waals surface area contributed by atoms with Crippen LogP contribution in [0.2, 0.25) is 0 Å². The van der Waals surface area contributed by atoms with E-state index in [1.807, 2.05) is 0 Å². The van der Waals surface area contributed by atoms with E-state index in [4.69, 9.17) is 0 Å². The number of aryl methyl sites for hydroxylation is 1. The molecular formula is C45H41N. The van der Waals surface area contributed by atoms with Crippen LogP contribution in [-0.2, 0) is 10.8 Å². The highest BCUT2D eigenvalue weighted by Crippen LogP contribution is 2.49. The van der Waals surface area contributed by atoms with E-state index >= 15 is 0 Å². The van der Waals surface area contributed by atoms with E-state index in [0.717, 1.165) is 0 Å². The van der Waals surface area contributed by atoms with Crippen LogP contribution in [0.5, 0.6) is 0 Å². The Morgan fingerprint density at radius 2 is 1.04 bits per heavy atom. The van der Waals surface area contributed by atoms with Crippen LogP contribution in [0.15, 0.2) is 133 Å². The molecule has 0 heterocycles. The van der Waals surface area contributed by atoms with E-state index in [0.29, 0.717) is 0 Å². The minimum Gasteiger partial charge on any atom is -0.310 e. The molecular weight excluding hydrogens is 555 g/mol. The molecule has 46 heavy (non-hydrogen) atoms. The molecule has 0 aliphatic heterocycles. The molecule has 0 amide bonds. The van der Waals surface area contributed by atoms with Crippen LogP contribution >= 0.6 is 0 Å². The molecule has 0 spiro atoms. The average molecular weight is 596 g/mol. The van der Waals surface area contributed by atoms with Gasteiger partial charge in [-0.2, -0.15) is 0 Å². The molecule has 0 aromatic heterocycles. The van der Waals surface area contributed by atoms with Crippen LogP contribution in [0.1, 0.15) is 57.2 Å². The van der Waals surface area contributed by atoms with Crippen molar-refractivity contribution in [1.29, 1.82) is 0 Å². The third-order valence-corrected chi connectivity index (χ3v) is 10.6. The molecule has 7 aromatic carbocycles. The fourth-order valence-electron chi connectivity index (χ4n) is 7.78. The first-order valence-corrected chi connectivity index (χ1v) is 16.7. The van der Waals surface area contributed by atoms with Gasteiger partial charge in [0.05, 0.1) is 0 Å². The van der Waals surface area contributed by atoms with Crippen LogP contribution in [0.4, 0.5) is 17.1 Å². The second-order valence-corrected chi connectivity index (χ2v) is 14.6. The first-order chi connectivity index (χ1) is 22.2. The van der Waals surface area contributed by atoms with Crippen LogP contribution in [0.25, 0.3) is 43.4 Å². The minimum atomic E-state index is 0.128. The third-order valence-electron chi connectivity index (χ3n) is 10.6. The Morgan fingerprint density at radius 1 is 0.478 bits per heavy atom. The zero-order valence-corrected chi connectivity index (χ0v) is 27.6. The largest absolute Gasteiger partial charge is 0.310 e. The van der Waals surface area contributed by atoms with Gasteiger partial charge >= 0.3 is 0 Å². The predicted molar refractivity (Wildman–Crippen MR) is 199 cm³/mol. The third kappa shape index (κ3) is 4.69. The number of hydrogen-bond acceptors (Lipinski definition) is 1. The van der Waals surface area contributed by atoms with Gasteiger partial charge in [0.2, 0.25) is 0 Å². The monoisotopic (exact) mass is 595 g/mol. The molecule has 7 aromatic rings. The molecule has 1 heteroatoms. The van der Waals surface area contributed by atoms with Gasteiger partial charge < -0.3 is 4.90 Å². The van der Waals surface area contributed by atoms with Crippen LogP contribution in [-0.4, -0.2) is 0 Å². The average Bonchev–Trinajstić information content (AvgIpc) is 3.07. The van der Waals surface area contributed by atoms with Crippen molar-refractivity contribution in [2.75, 3.05) is 4.90 Å². The van der Waals surface area contributed by atoms with Gasteiger partial charge in [-0.15, -0.1) is 0 Å². The van der Waals surface area contributed by atoms with Crippen LogP contribution in [0.3, 0.4) is 0 Å². The smallest absolute Gasteiger partial charge is 0.0493 e. The lowest BCUT2D eigenvalue weighted by atomic mass is 9.63. The summed E-state index contributed by atoms with van der Waals surface area (Å²) in [6.45, 7) is 12.0. The minimum absolute atomic E-state index is 0.128. The topological polar surface area (TPSA) is 3.24 Å². The first-order valence-electron chi connectivity index (χ1n) is 16.7. The number of rotatable bonds is 4. The molecule has 0 atom stereocenters. The van der Waals surface area contributed by atoms with E-state index < -0.39 is 0 Å². The summed E-state index contributed by atoms with van der Waals surface area (Å²) >= 11 is 0. The molecule has 1 nitrogen and oxygen atoms in total. The normalized spacial score (nSPS) is 15.2. The van der Waals surface area contributed by atoms with E-state index in [2.05, 4.69) is 173 Å². The number of hydrogen-bond donors (Lipinski definition) is 0. The van der Waals surface area contributed by atoms with Gasteiger partial charge in [-0.25, -0.2) is 0 Å². The molecule has 1 aliphatic rings. The summed E-state index contributed by atoms with van der Waals surface area (Å²) in [6, 6.07) is 49.6. The molecule has 8 rings (SSSR count). The summed E-state index contributed by atoms with van der Waals surface area (Å²) in [4.78, 5) is 2.47. The molecule has 0 unspecified atom stereocenters. The molecule has 226 valence electrons. The van der Waals surface area contributed by atoms with Gasteiger partial charge in [-0.3, -0.25) is 0 Å². The Balaban J connectivity index is 1.31. The summed E-state index contributed by atoms with van der Waals surface area (Å²) < 4.78 is 0. The van der Waals surface area contributed by atoms with Crippen molar-refractivity contribution in [3.63, 3.8) is 0 Å². The van der Waals surface area contributed by atoms with Gasteiger partial charge in [-0.05, 0) is 127 Å². The van der Waals surface area contributed by atoms with Crippen molar-refractivity contribution in [1.82, 2.24) is 0 Å². The van der Waals surface area contributed by atoms with Gasteiger partial charge in [0.25, 0.3) is 0 Å². The maximum Gasteiger partial charge on any atom is 0.0493 e. The van der Waals surface area contributed by atoms with Crippen molar-refractivity contribution in [3.05, 3.63) is 150 Å². The highest BCUT2D eigenvalue weighted by atomic mass is 15.1. The molecule has 0 saturated carbocycles. The zero-order valence-electron chi connectivity index (χ0n) is 27.6. The molecule has 0 N–H and O–H groups in total. The fourth-order valence-corrected chi connectivity index (χ4v) is 7.78. The standard InChI is InChI=1S/C45H41N/c1-30-26-41-42(45(4,5)25-24-44(41,2)3)29-43(30)46(36-23-18-31-12-6-7-13-33(31)27-36)35-21-19-32(20-22-35)40-28-34-14-8-9-15-37(34)38-16-10-11-17-39(38)40/h6-23,26-29H,24-25H2,1-5H3. The molecule has 1 aliphatic carbocycles. The SMILES string of the molecule is Cc1cc2c(cc1N(c1ccc(-c3cc4ccccc4c4ccccc34)cc1)c1ccc3ccccc3c1)C(C)(C)CCC2(C)C. The Bertz CT molecular complexity index is 2270. The Hall–Kier alpha value is -4.88. The number of nitrogens with zero attached hydrogens (tertiary/aromatic N) is 1. The van der Waals surface area contributed by atoms with Gasteiger partial charge in [-0.1, -0.05) is 125 Å². The second-order valence-electron chi connectivity index (χ2n) is 14.6.